The third-order valence-corrected chi connectivity index (χ3v) is 6.28. The lowest BCUT2D eigenvalue weighted by atomic mass is 10.2. The number of thiazole rings is 1. The molecule has 5 aromatic rings. The molecular formula is C25H16ClN3O4S. The van der Waals surface area contributed by atoms with E-state index in [-0.39, 0.29) is 11.0 Å². The summed E-state index contributed by atoms with van der Waals surface area (Å²) >= 11 is 7.37. The van der Waals surface area contributed by atoms with Crippen LogP contribution in [0.15, 0.2) is 87.3 Å². The summed E-state index contributed by atoms with van der Waals surface area (Å²) in [6.45, 7) is 0. The topological polar surface area (TPSA) is 85.0 Å². The van der Waals surface area contributed by atoms with Crippen LogP contribution in [0.3, 0.4) is 0 Å². The molecule has 2 aromatic heterocycles. The van der Waals surface area contributed by atoms with E-state index in [0.717, 1.165) is 9.71 Å². The number of anilines is 1. The molecule has 2 heterocycles. The molecule has 3 aromatic carbocycles. The van der Waals surface area contributed by atoms with Crippen LogP contribution in [-0.2, 0) is 0 Å². The largest absolute Gasteiger partial charge is 0.497 e. The zero-order chi connectivity index (χ0) is 23.7. The molecule has 9 heteroatoms. The lowest BCUT2D eigenvalue weighted by Gasteiger charge is -2.14. The number of para-hydroxylation sites is 1. The van der Waals surface area contributed by atoms with Gasteiger partial charge in [0.25, 0.3) is 5.91 Å². The smallest absolute Gasteiger partial charge is 0.280 e. The number of benzene rings is 3. The van der Waals surface area contributed by atoms with E-state index in [1.807, 2.05) is 6.07 Å². The summed E-state index contributed by atoms with van der Waals surface area (Å²) in [5, 5.41) is 6.66. The molecule has 0 saturated carbocycles. The van der Waals surface area contributed by atoms with Crippen molar-refractivity contribution >= 4 is 61.4 Å². The Labute approximate surface area is 202 Å². The summed E-state index contributed by atoms with van der Waals surface area (Å²) in [7, 11) is 1.58. The van der Waals surface area contributed by atoms with Crippen molar-refractivity contribution in [1.82, 2.24) is 4.98 Å². The molecule has 0 saturated heterocycles. The quantitative estimate of drug-likeness (QED) is 0.232. The molecule has 0 radical (unpaired) electrons. The first kappa shape index (κ1) is 21.8. The Kier molecular flexibility index (Phi) is 5.83. The van der Waals surface area contributed by atoms with Crippen LogP contribution in [0, 0.1) is 0 Å². The van der Waals surface area contributed by atoms with Crippen molar-refractivity contribution in [2.45, 2.75) is 0 Å². The second-order valence-corrected chi connectivity index (χ2v) is 8.66. The van der Waals surface area contributed by atoms with Gasteiger partial charge in [-0.15, -0.1) is 0 Å². The van der Waals surface area contributed by atoms with Crippen LogP contribution in [0.5, 0.6) is 5.75 Å². The number of carbonyl (C=O) groups excluding carboxylic acids is 1. The number of aromatic nitrogens is 1. The van der Waals surface area contributed by atoms with Gasteiger partial charge in [0.1, 0.15) is 17.6 Å². The zero-order valence-corrected chi connectivity index (χ0v) is 19.3. The summed E-state index contributed by atoms with van der Waals surface area (Å²) in [6, 6.07) is 18.9. The van der Waals surface area contributed by atoms with Crippen LogP contribution in [0.1, 0.15) is 15.9 Å². The van der Waals surface area contributed by atoms with Gasteiger partial charge >= 0.3 is 0 Å². The summed E-state index contributed by atoms with van der Waals surface area (Å²) < 4.78 is 11.7. The van der Waals surface area contributed by atoms with E-state index in [9.17, 15) is 9.59 Å². The fourth-order valence-corrected chi connectivity index (χ4v) is 4.49. The second kappa shape index (κ2) is 9.09. The molecule has 7 nitrogen and oxygen atoms in total. The average molecular weight is 490 g/mol. The number of rotatable bonds is 5. The van der Waals surface area contributed by atoms with E-state index >= 15 is 0 Å². The van der Waals surface area contributed by atoms with Crippen molar-refractivity contribution in [3.05, 3.63) is 99.4 Å². The van der Waals surface area contributed by atoms with Crippen molar-refractivity contribution in [3.8, 4) is 5.75 Å². The van der Waals surface area contributed by atoms with E-state index in [0.29, 0.717) is 38.0 Å². The van der Waals surface area contributed by atoms with Crippen molar-refractivity contribution < 1.29 is 13.9 Å². The maximum absolute atomic E-state index is 13.4. The van der Waals surface area contributed by atoms with Gasteiger partial charge in [-0.2, -0.15) is 10.1 Å². The monoisotopic (exact) mass is 489 g/mol. The molecule has 1 amide bonds. The van der Waals surface area contributed by atoms with Crippen LogP contribution in [0.25, 0.3) is 21.2 Å². The molecule has 0 bridgehead atoms. The van der Waals surface area contributed by atoms with Gasteiger partial charge in [-0.3, -0.25) is 9.59 Å². The number of halogens is 1. The van der Waals surface area contributed by atoms with E-state index in [1.54, 1.807) is 67.8 Å². The fourth-order valence-electron chi connectivity index (χ4n) is 3.34. The highest BCUT2D eigenvalue weighted by Gasteiger charge is 2.22. The van der Waals surface area contributed by atoms with Gasteiger partial charge in [-0.1, -0.05) is 41.1 Å². The van der Waals surface area contributed by atoms with Gasteiger partial charge < -0.3 is 9.15 Å². The van der Waals surface area contributed by atoms with E-state index in [2.05, 4.69) is 10.1 Å². The minimum Gasteiger partial charge on any atom is -0.497 e. The first-order chi connectivity index (χ1) is 16.5. The first-order valence-corrected chi connectivity index (χ1v) is 11.3. The Morgan fingerprint density at radius 3 is 2.82 bits per heavy atom. The molecule has 5 rings (SSSR count). The average Bonchev–Trinajstić information content (AvgIpc) is 3.28. The molecule has 0 unspecified atom stereocenters. The normalized spacial score (nSPS) is 11.4. The second-order valence-electron chi connectivity index (χ2n) is 7.22. The zero-order valence-electron chi connectivity index (χ0n) is 17.8. The fraction of sp³-hybridized carbons (Fsp3) is 0.0400. The summed E-state index contributed by atoms with van der Waals surface area (Å²) in [5.41, 5.74) is 1.42. The molecule has 0 N–H and O–H groups in total. The van der Waals surface area contributed by atoms with E-state index in [1.165, 1.54) is 23.8 Å². The van der Waals surface area contributed by atoms with Gasteiger partial charge in [0, 0.05) is 10.6 Å². The Bertz CT molecular complexity index is 1630. The molecular weight excluding hydrogens is 474 g/mol. The molecule has 0 spiro atoms. The predicted molar refractivity (Wildman–Crippen MR) is 135 cm³/mol. The van der Waals surface area contributed by atoms with Gasteiger partial charge in [-0.05, 0) is 48.5 Å². The lowest BCUT2D eigenvalue weighted by molar-refractivity contribution is 0.0988. The third-order valence-electron chi connectivity index (χ3n) is 5.05. The van der Waals surface area contributed by atoms with Crippen molar-refractivity contribution in [2.24, 2.45) is 5.10 Å². The molecule has 0 aliphatic rings. The number of amides is 1. The number of nitrogens with zero attached hydrogens (tertiary/aromatic N) is 3. The summed E-state index contributed by atoms with van der Waals surface area (Å²) in [6.07, 6.45) is 2.62. The summed E-state index contributed by atoms with van der Waals surface area (Å²) in [5.74, 6) is 0.225. The molecule has 0 aliphatic carbocycles. The first-order valence-electron chi connectivity index (χ1n) is 10.1. The minimum atomic E-state index is -0.449. The van der Waals surface area contributed by atoms with Crippen LogP contribution < -0.4 is 15.2 Å². The maximum atomic E-state index is 13.4. The standard InChI is InChI=1S/C25H16ClN3O4S/c1-32-18-9-10-20-22(12-18)34-25(28-20)29(24(31)15-5-4-6-17(26)11-15)27-13-16-14-33-21-8-3-2-7-19(21)23(16)30/h2-14H,1H3/b27-13+. The third kappa shape index (κ3) is 4.16. The number of ether oxygens (including phenoxy) is 1. The summed E-state index contributed by atoms with van der Waals surface area (Å²) in [4.78, 5) is 30.8. The van der Waals surface area contributed by atoms with Crippen LogP contribution in [0.2, 0.25) is 5.02 Å². The number of fused-ring (bicyclic) bond motifs is 2. The van der Waals surface area contributed by atoms with Crippen molar-refractivity contribution in [2.75, 3.05) is 12.1 Å². The highest BCUT2D eigenvalue weighted by molar-refractivity contribution is 7.22. The Balaban J connectivity index is 1.60. The molecule has 0 fully saturated rings. The molecule has 34 heavy (non-hydrogen) atoms. The Morgan fingerprint density at radius 1 is 1.15 bits per heavy atom. The number of hydrogen-bond donors (Lipinski definition) is 0. The van der Waals surface area contributed by atoms with Gasteiger partial charge in [0.05, 0.1) is 34.5 Å². The Morgan fingerprint density at radius 2 is 2.00 bits per heavy atom. The van der Waals surface area contributed by atoms with Gasteiger partial charge in [0.15, 0.2) is 0 Å². The number of hydrogen-bond acceptors (Lipinski definition) is 7. The highest BCUT2D eigenvalue weighted by Crippen LogP contribution is 2.32. The van der Waals surface area contributed by atoms with Crippen LogP contribution in [-0.4, -0.2) is 24.2 Å². The van der Waals surface area contributed by atoms with Gasteiger partial charge in [0.2, 0.25) is 10.6 Å². The van der Waals surface area contributed by atoms with E-state index < -0.39 is 5.91 Å². The number of hydrazone groups is 1. The molecule has 0 aliphatic heterocycles. The predicted octanol–water partition coefficient (Wildman–Crippen LogP) is 5.75. The van der Waals surface area contributed by atoms with E-state index in [4.69, 9.17) is 20.8 Å². The molecule has 0 atom stereocenters. The number of methoxy groups -OCH3 is 1. The Hall–Kier alpha value is -4.01. The van der Waals surface area contributed by atoms with Crippen molar-refractivity contribution in [3.63, 3.8) is 0 Å². The minimum absolute atomic E-state index is 0.199. The SMILES string of the molecule is COc1ccc2nc(N(/N=C/c3coc4ccccc4c3=O)C(=O)c3cccc(Cl)c3)sc2c1. The maximum Gasteiger partial charge on any atom is 0.280 e. The van der Waals surface area contributed by atoms with Crippen LogP contribution in [0.4, 0.5) is 5.13 Å². The lowest BCUT2D eigenvalue weighted by Crippen LogP contribution is -2.26. The molecule has 168 valence electrons. The van der Waals surface area contributed by atoms with Gasteiger partial charge in [-0.25, -0.2) is 4.98 Å². The number of carbonyl (C=O) groups is 1. The highest BCUT2D eigenvalue weighted by atomic mass is 35.5. The van der Waals surface area contributed by atoms with Crippen molar-refractivity contribution in [1.29, 1.82) is 0 Å². The van der Waals surface area contributed by atoms with Crippen LogP contribution >= 0.6 is 22.9 Å².